The van der Waals surface area contributed by atoms with Gasteiger partial charge in [-0.25, -0.2) is 4.99 Å². The van der Waals surface area contributed by atoms with Gasteiger partial charge in [0.2, 0.25) is 0 Å². The number of amides is 1. The zero-order valence-electron chi connectivity index (χ0n) is 17.4. The summed E-state index contributed by atoms with van der Waals surface area (Å²) in [6.07, 6.45) is -2.68. The van der Waals surface area contributed by atoms with Crippen LogP contribution in [0.1, 0.15) is 42.6 Å². The van der Waals surface area contributed by atoms with Crippen LogP contribution in [0.25, 0.3) is 0 Å². The van der Waals surface area contributed by atoms with Crippen LogP contribution in [0.3, 0.4) is 0 Å². The van der Waals surface area contributed by atoms with Crippen molar-refractivity contribution in [2.45, 2.75) is 45.5 Å². The first-order chi connectivity index (χ1) is 13.8. The van der Waals surface area contributed by atoms with Crippen molar-refractivity contribution < 1.29 is 18.0 Å². The minimum atomic E-state index is -4.18. The second kappa shape index (κ2) is 13.0. The van der Waals surface area contributed by atoms with E-state index in [-0.39, 0.29) is 35.9 Å². The summed E-state index contributed by atoms with van der Waals surface area (Å²) in [6, 6.07) is 7.19. The van der Waals surface area contributed by atoms with Gasteiger partial charge in [0.25, 0.3) is 5.91 Å². The summed E-state index contributed by atoms with van der Waals surface area (Å²) in [4.78, 5) is 18.0. The van der Waals surface area contributed by atoms with Gasteiger partial charge in [0.15, 0.2) is 5.96 Å². The molecule has 170 valence electrons. The molecule has 1 aromatic carbocycles. The van der Waals surface area contributed by atoms with Crippen LogP contribution in [-0.4, -0.2) is 61.7 Å². The van der Waals surface area contributed by atoms with Crippen molar-refractivity contribution in [2.75, 3.05) is 32.7 Å². The summed E-state index contributed by atoms with van der Waals surface area (Å²) in [6.45, 7) is 5.41. The molecule has 0 spiro atoms. The van der Waals surface area contributed by atoms with E-state index < -0.39 is 12.7 Å². The highest BCUT2D eigenvalue weighted by Crippen LogP contribution is 2.20. The summed E-state index contributed by atoms with van der Waals surface area (Å²) in [5, 5.41) is 9.19. The normalized spacial score (nSPS) is 17.4. The van der Waals surface area contributed by atoms with Crippen molar-refractivity contribution >= 4 is 35.8 Å². The van der Waals surface area contributed by atoms with Crippen molar-refractivity contribution in [1.82, 2.24) is 20.9 Å². The van der Waals surface area contributed by atoms with E-state index in [4.69, 9.17) is 0 Å². The molecule has 0 aromatic heterocycles. The summed E-state index contributed by atoms with van der Waals surface area (Å²) >= 11 is 0. The number of hydrogen-bond donors (Lipinski definition) is 3. The third-order valence-electron chi connectivity index (χ3n) is 4.50. The number of benzene rings is 1. The quantitative estimate of drug-likeness (QED) is 0.269. The first-order valence-electron chi connectivity index (χ1n) is 10.0. The monoisotopic (exact) mass is 541 g/mol. The number of carbonyl (C=O) groups is 1. The standard InChI is InChI=1S/C20H30F3N5O.HI/c1-3-9-25-18(29)16-7-5-6-15(11-16)12-26-19(24-4-2)27-17-8-10-28(13-17)14-20(21,22)23;/h5-7,11,17H,3-4,8-10,12-14H2,1-2H3,(H,25,29)(H2,24,26,27);1H. The Morgan fingerprint density at radius 2 is 2.03 bits per heavy atom. The Bertz CT molecular complexity index is 699. The molecule has 0 aliphatic carbocycles. The Morgan fingerprint density at radius 3 is 2.70 bits per heavy atom. The number of aliphatic imine (C=N–C) groups is 1. The summed E-state index contributed by atoms with van der Waals surface area (Å²) in [7, 11) is 0. The topological polar surface area (TPSA) is 68.8 Å². The molecule has 30 heavy (non-hydrogen) atoms. The van der Waals surface area contributed by atoms with E-state index in [9.17, 15) is 18.0 Å². The van der Waals surface area contributed by atoms with Gasteiger partial charge in [-0.15, -0.1) is 24.0 Å². The molecule has 1 saturated heterocycles. The number of hydrogen-bond acceptors (Lipinski definition) is 3. The SMILES string of the molecule is CCCNC(=O)c1cccc(CN=C(NCC)NC2CCN(CC(F)(F)F)C2)c1.I. The van der Waals surface area contributed by atoms with E-state index in [1.165, 1.54) is 4.90 Å². The van der Waals surface area contributed by atoms with Crippen LogP contribution in [0.15, 0.2) is 29.3 Å². The minimum absolute atomic E-state index is 0. The summed E-state index contributed by atoms with van der Waals surface area (Å²) in [5.74, 6) is 0.450. The number of rotatable bonds is 8. The van der Waals surface area contributed by atoms with Gasteiger partial charge in [0, 0.05) is 37.8 Å². The van der Waals surface area contributed by atoms with Gasteiger partial charge in [-0.05, 0) is 37.5 Å². The molecule has 1 atom stereocenters. The van der Waals surface area contributed by atoms with Gasteiger partial charge in [0.05, 0.1) is 13.1 Å². The highest BCUT2D eigenvalue weighted by Gasteiger charge is 2.34. The number of likely N-dealkylation sites (tertiary alicyclic amines) is 1. The molecule has 3 N–H and O–H groups in total. The van der Waals surface area contributed by atoms with Crippen LogP contribution in [0.2, 0.25) is 0 Å². The molecular weight excluding hydrogens is 510 g/mol. The molecule has 1 amide bonds. The Balaban J connectivity index is 0.00000450. The zero-order chi connectivity index (χ0) is 21.3. The van der Waals surface area contributed by atoms with Crippen molar-refractivity contribution in [1.29, 1.82) is 0 Å². The average molecular weight is 541 g/mol. The van der Waals surface area contributed by atoms with E-state index in [1.807, 2.05) is 26.0 Å². The molecule has 0 bridgehead atoms. The fourth-order valence-corrected chi connectivity index (χ4v) is 3.18. The number of nitrogens with zero attached hydrogens (tertiary/aromatic N) is 2. The van der Waals surface area contributed by atoms with Crippen molar-refractivity contribution in [3.8, 4) is 0 Å². The summed E-state index contributed by atoms with van der Waals surface area (Å²) in [5.41, 5.74) is 1.47. The van der Waals surface area contributed by atoms with Crippen molar-refractivity contribution in [3.63, 3.8) is 0 Å². The predicted molar refractivity (Wildman–Crippen MR) is 123 cm³/mol. The number of guanidine groups is 1. The molecule has 1 aromatic rings. The van der Waals surface area contributed by atoms with Crippen LogP contribution < -0.4 is 16.0 Å². The van der Waals surface area contributed by atoms with Gasteiger partial charge in [-0.1, -0.05) is 19.1 Å². The van der Waals surface area contributed by atoms with Crippen LogP contribution in [-0.2, 0) is 6.54 Å². The van der Waals surface area contributed by atoms with Crippen molar-refractivity contribution in [2.24, 2.45) is 4.99 Å². The molecule has 2 rings (SSSR count). The fourth-order valence-electron chi connectivity index (χ4n) is 3.18. The number of alkyl halides is 3. The van der Waals surface area contributed by atoms with Crippen LogP contribution in [0.5, 0.6) is 0 Å². The Labute approximate surface area is 193 Å². The average Bonchev–Trinajstić information content (AvgIpc) is 3.09. The maximum atomic E-state index is 12.6. The van der Waals surface area contributed by atoms with E-state index in [1.54, 1.807) is 12.1 Å². The van der Waals surface area contributed by atoms with Crippen LogP contribution in [0, 0.1) is 0 Å². The lowest BCUT2D eigenvalue weighted by molar-refractivity contribution is -0.143. The Hall–Kier alpha value is -1.56. The van der Waals surface area contributed by atoms with Gasteiger partial charge < -0.3 is 16.0 Å². The molecule has 0 saturated carbocycles. The maximum Gasteiger partial charge on any atom is 0.401 e. The van der Waals surface area contributed by atoms with E-state index >= 15 is 0 Å². The number of nitrogens with one attached hydrogen (secondary N) is 3. The molecule has 10 heteroatoms. The van der Waals surface area contributed by atoms with Crippen molar-refractivity contribution in [3.05, 3.63) is 35.4 Å². The molecule has 1 aliphatic rings. The Kier molecular flexibility index (Phi) is 11.5. The third kappa shape index (κ3) is 9.50. The molecule has 1 unspecified atom stereocenters. The lowest BCUT2D eigenvalue weighted by atomic mass is 10.1. The first-order valence-corrected chi connectivity index (χ1v) is 10.0. The smallest absolute Gasteiger partial charge is 0.357 e. The highest BCUT2D eigenvalue weighted by atomic mass is 127. The second-order valence-electron chi connectivity index (χ2n) is 7.13. The van der Waals surface area contributed by atoms with Gasteiger partial charge in [-0.3, -0.25) is 9.69 Å². The maximum absolute atomic E-state index is 12.6. The van der Waals surface area contributed by atoms with E-state index in [2.05, 4.69) is 20.9 Å². The van der Waals surface area contributed by atoms with Gasteiger partial charge >= 0.3 is 6.18 Å². The van der Waals surface area contributed by atoms with Gasteiger partial charge in [-0.2, -0.15) is 13.2 Å². The molecule has 1 heterocycles. The second-order valence-corrected chi connectivity index (χ2v) is 7.13. The third-order valence-corrected chi connectivity index (χ3v) is 4.50. The molecule has 1 fully saturated rings. The van der Waals surface area contributed by atoms with Crippen LogP contribution >= 0.6 is 24.0 Å². The summed E-state index contributed by atoms with van der Waals surface area (Å²) < 4.78 is 37.7. The van der Waals surface area contributed by atoms with E-state index in [0.29, 0.717) is 50.7 Å². The number of halogens is 4. The molecular formula is C20H31F3IN5O. The lowest BCUT2D eigenvalue weighted by Gasteiger charge is -2.19. The van der Waals surface area contributed by atoms with Crippen LogP contribution in [0.4, 0.5) is 13.2 Å². The van der Waals surface area contributed by atoms with E-state index in [0.717, 1.165) is 12.0 Å². The van der Waals surface area contributed by atoms with Gasteiger partial charge in [0.1, 0.15) is 0 Å². The predicted octanol–water partition coefficient (Wildman–Crippen LogP) is 3.14. The molecule has 0 radical (unpaired) electrons. The fraction of sp³-hybridized carbons (Fsp3) is 0.600. The lowest BCUT2D eigenvalue weighted by Crippen LogP contribution is -2.45. The largest absolute Gasteiger partial charge is 0.401 e. The molecule has 6 nitrogen and oxygen atoms in total. The Morgan fingerprint density at radius 1 is 1.27 bits per heavy atom. The minimum Gasteiger partial charge on any atom is -0.357 e. The highest BCUT2D eigenvalue weighted by molar-refractivity contribution is 14.0. The molecule has 1 aliphatic heterocycles. The number of carbonyl (C=O) groups excluding carboxylic acids is 1. The first kappa shape index (κ1) is 26.5. The zero-order valence-corrected chi connectivity index (χ0v) is 19.7.